The highest BCUT2D eigenvalue weighted by molar-refractivity contribution is 7.81. The molecule has 16 heteroatoms. The molecule has 0 nitrogen and oxygen atoms in total. The quantitative estimate of drug-likeness (QED) is 0.208. The number of thiocarbonyl (C=S) groups is 1. The minimum Gasteiger partial charge on any atom is -0.167 e. The van der Waals surface area contributed by atoms with E-state index in [1.165, 1.54) is 0 Å². The number of hydrogen-bond acceptors (Lipinski definition) is 1. The zero-order valence-electron chi connectivity index (χ0n) is 11.2. The Labute approximate surface area is 137 Å². The van der Waals surface area contributed by atoms with Crippen molar-refractivity contribution < 1.29 is 65.9 Å². The smallest absolute Gasteiger partial charge is 0.167 e. The van der Waals surface area contributed by atoms with E-state index < -0.39 is 58.5 Å². The lowest BCUT2D eigenvalue weighted by molar-refractivity contribution is -0.133. The van der Waals surface area contributed by atoms with Crippen LogP contribution in [0.3, 0.4) is 0 Å². The molecule has 0 aliphatic heterocycles. The number of halogens is 15. The Hall–Kier alpha value is -1.48. The van der Waals surface area contributed by atoms with Gasteiger partial charge in [0, 0.05) is 6.08 Å². The molecule has 0 aromatic carbocycles. The maximum atomic E-state index is 12.7. The lowest BCUT2D eigenvalue weighted by Gasteiger charge is -2.25. The fourth-order valence-electron chi connectivity index (χ4n) is 1.41. The van der Waals surface area contributed by atoms with E-state index >= 15 is 0 Å². The molecule has 0 saturated carbocycles. The number of hydrogen-bond donors (Lipinski definition) is 0. The van der Waals surface area contributed by atoms with Gasteiger partial charge in [0.05, 0.1) is 16.7 Å². The lowest BCUT2D eigenvalue weighted by atomic mass is 9.95. The number of allylic oxidation sites excluding steroid dienone is 4. The Morgan fingerprint density at radius 1 is 0.500 bits per heavy atom. The van der Waals surface area contributed by atoms with Gasteiger partial charge in [-0.05, 0) is 0 Å². The van der Waals surface area contributed by atoms with Gasteiger partial charge in [-0.2, -0.15) is 65.9 Å². The standard InChI is InChI=1S/C10HF15S/c11-6(12,13)1-2(7(14,15)16)3(8(17,18)19)4(9(20,21)22)5(26)10(23,24)25/h1H/b2-1-,4-3-. The first kappa shape index (κ1) is 24.5. The third-order valence-corrected chi connectivity index (χ3v) is 2.62. The molecule has 0 amide bonds. The van der Waals surface area contributed by atoms with Crippen molar-refractivity contribution in [2.24, 2.45) is 0 Å². The van der Waals surface area contributed by atoms with E-state index in [1.54, 1.807) is 0 Å². The topological polar surface area (TPSA) is 0 Å². The van der Waals surface area contributed by atoms with Crippen molar-refractivity contribution in [2.75, 3.05) is 0 Å². The van der Waals surface area contributed by atoms with Crippen molar-refractivity contribution in [3.8, 4) is 0 Å². The zero-order chi connectivity index (χ0) is 21.5. The summed E-state index contributed by atoms with van der Waals surface area (Å²) >= 11 is 3.11. The van der Waals surface area contributed by atoms with Crippen molar-refractivity contribution in [3.63, 3.8) is 0 Å². The molecule has 0 aliphatic carbocycles. The predicted molar refractivity (Wildman–Crippen MR) is 58.0 cm³/mol. The molecule has 0 atom stereocenters. The second-order valence-electron chi connectivity index (χ2n) is 4.17. The molecule has 0 unspecified atom stereocenters. The highest BCUT2D eigenvalue weighted by Gasteiger charge is 2.58. The molecule has 0 fully saturated rings. The molecular formula is C10HF15S. The maximum absolute atomic E-state index is 12.7. The van der Waals surface area contributed by atoms with E-state index in [-0.39, 0.29) is 0 Å². The highest BCUT2D eigenvalue weighted by atomic mass is 32.1. The zero-order valence-corrected chi connectivity index (χ0v) is 12.0. The average Bonchev–Trinajstić information content (AvgIpc) is 2.25. The van der Waals surface area contributed by atoms with Crippen LogP contribution in [-0.4, -0.2) is 35.7 Å². The summed E-state index contributed by atoms with van der Waals surface area (Å²) in [6.07, 6.45) is -35.4. The van der Waals surface area contributed by atoms with Crippen LogP contribution >= 0.6 is 12.2 Å². The van der Waals surface area contributed by atoms with Gasteiger partial charge in [0.25, 0.3) is 0 Å². The van der Waals surface area contributed by atoms with Crippen LogP contribution in [0.1, 0.15) is 0 Å². The summed E-state index contributed by atoms with van der Waals surface area (Å²) in [6.45, 7) is 0. The van der Waals surface area contributed by atoms with E-state index in [0.29, 0.717) is 0 Å². The molecule has 0 aliphatic rings. The van der Waals surface area contributed by atoms with Gasteiger partial charge in [0.1, 0.15) is 4.86 Å². The Kier molecular flexibility index (Phi) is 6.53. The minimum absolute atomic E-state index is 2.24. The molecule has 0 spiro atoms. The third-order valence-electron chi connectivity index (χ3n) is 2.18. The summed E-state index contributed by atoms with van der Waals surface area (Å²) < 4.78 is 187. The van der Waals surface area contributed by atoms with Crippen molar-refractivity contribution in [1.82, 2.24) is 0 Å². The summed E-state index contributed by atoms with van der Waals surface area (Å²) in [5, 5.41) is 0. The summed E-state index contributed by atoms with van der Waals surface area (Å²) in [4.78, 5) is -3.62. The molecule has 152 valence electrons. The van der Waals surface area contributed by atoms with Crippen LogP contribution in [0.4, 0.5) is 65.9 Å². The Morgan fingerprint density at radius 3 is 1.04 bits per heavy atom. The summed E-state index contributed by atoms with van der Waals surface area (Å²) in [5.74, 6) is 0. The maximum Gasteiger partial charge on any atom is 0.427 e. The van der Waals surface area contributed by atoms with Crippen LogP contribution < -0.4 is 0 Å². The van der Waals surface area contributed by atoms with Crippen molar-refractivity contribution in [2.45, 2.75) is 30.9 Å². The van der Waals surface area contributed by atoms with Crippen LogP contribution in [0.2, 0.25) is 0 Å². The largest absolute Gasteiger partial charge is 0.427 e. The SMILES string of the molecule is FC(F)(F)/C=C(/C(=C(\C(=S)C(F)(F)F)C(F)(F)F)C(F)(F)F)C(F)(F)F. The van der Waals surface area contributed by atoms with Crippen LogP contribution in [0, 0.1) is 0 Å². The molecule has 0 aromatic heterocycles. The first-order valence-electron chi connectivity index (χ1n) is 5.37. The van der Waals surface area contributed by atoms with Gasteiger partial charge in [0.15, 0.2) is 0 Å². The summed E-state index contributed by atoms with van der Waals surface area (Å²) in [6, 6.07) is 0. The van der Waals surface area contributed by atoms with Crippen molar-refractivity contribution in [3.05, 3.63) is 22.8 Å². The van der Waals surface area contributed by atoms with Gasteiger partial charge in [0.2, 0.25) is 0 Å². The highest BCUT2D eigenvalue weighted by Crippen LogP contribution is 2.48. The van der Waals surface area contributed by atoms with Gasteiger partial charge >= 0.3 is 30.9 Å². The van der Waals surface area contributed by atoms with Gasteiger partial charge in [-0.3, -0.25) is 0 Å². The summed E-state index contributed by atoms with van der Waals surface area (Å²) in [7, 11) is 0. The van der Waals surface area contributed by atoms with E-state index in [2.05, 4.69) is 12.2 Å². The van der Waals surface area contributed by atoms with Crippen LogP contribution in [0.25, 0.3) is 0 Å². The molecule has 0 rings (SSSR count). The fraction of sp³-hybridized carbons (Fsp3) is 0.500. The van der Waals surface area contributed by atoms with Crippen LogP contribution in [-0.2, 0) is 0 Å². The normalized spacial score (nSPS) is 16.5. The first-order chi connectivity index (χ1) is 11.0. The minimum atomic E-state index is -6.92. The molecule has 0 bridgehead atoms. The predicted octanol–water partition coefficient (Wildman–Crippen LogP) is 6.39. The van der Waals surface area contributed by atoms with Crippen molar-refractivity contribution in [1.29, 1.82) is 0 Å². The molecule has 0 heterocycles. The van der Waals surface area contributed by atoms with Crippen LogP contribution in [0.5, 0.6) is 0 Å². The molecule has 0 aromatic rings. The monoisotopic (exact) mass is 438 g/mol. The Morgan fingerprint density at radius 2 is 0.846 bits per heavy atom. The van der Waals surface area contributed by atoms with Crippen LogP contribution in [0.15, 0.2) is 22.8 Å². The van der Waals surface area contributed by atoms with Crippen molar-refractivity contribution >= 4 is 17.1 Å². The number of alkyl halides is 15. The Bertz CT molecular complexity index is 601. The van der Waals surface area contributed by atoms with E-state index in [9.17, 15) is 65.9 Å². The second kappa shape index (κ2) is 6.92. The average molecular weight is 438 g/mol. The Balaban J connectivity index is 7.42. The van der Waals surface area contributed by atoms with Gasteiger partial charge in [-0.15, -0.1) is 0 Å². The number of rotatable bonds is 2. The summed E-state index contributed by atoms with van der Waals surface area (Å²) in [5.41, 5.74) is -12.4. The van der Waals surface area contributed by atoms with E-state index in [1.807, 2.05) is 0 Å². The van der Waals surface area contributed by atoms with E-state index in [0.717, 1.165) is 0 Å². The molecule has 26 heavy (non-hydrogen) atoms. The first-order valence-corrected chi connectivity index (χ1v) is 5.77. The second-order valence-corrected chi connectivity index (χ2v) is 4.58. The fourth-order valence-corrected chi connectivity index (χ4v) is 1.63. The van der Waals surface area contributed by atoms with Gasteiger partial charge in [-0.1, -0.05) is 12.2 Å². The molecule has 0 saturated heterocycles. The third kappa shape index (κ3) is 6.68. The van der Waals surface area contributed by atoms with E-state index in [4.69, 9.17) is 0 Å². The van der Waals surface area contributed by atoms with Gasteiger partial charge < -0.3 is 0 Å². The molecule has 0 radical (unpaired) electrons. The lowest BCUT2D eigenvalue weighted by Crippen LogP contribution is -2.37. The molecule has 0 N–H and O–H groups in total. The molecular weight excluding hydrogens is 437 g/mol. The van der Waals surface area contributed by atoms with Gasteiger partial charge in [-0.25, -0.2) is 0 Å².